The molecule has 0 spiro atoms. The van der Waals surface area contributed by atoms with Crippen LogP contribution in [0.5, 0.6) is 0 Å². The number of piperazine rings is 1. The lowest BCUT2D eigenvalue weighted by Gasteiger charge is -2.38. The van der Waals surface area contributed by atoms with Crippen molar-refractivity contribution >= 4 is 29.1 Å². The van der Waals surface area contributed by atoms with E-state index in [1.165, 1.54) is 10.5 Å². The molecule has 2 aliphatic heterocycles. The molecule has 1 unspecified atom stereocenters. The first-order chi connectivity index (χ1) is 12.0. The molecule has 7 heteroatoms. The predicted molar refractivity (Wildman–Crippen MR) is 97.0 cm³/mol. The number of anilines is 1. The zero-order valence-electron chi connectivity index (χ0n) is 14.7. The highest BCUT2D eigenvalue weighted by molar-refractivity contribution is 6.30. The molecule has 0 N–H and O–H groups in total. The summed E-state index contributed by atoms with van der Waals surface area (Å²) in [6.45, 7) is 5.94. The van der Waals surface area contributed by atoms with E-state index < -0.39 is 0 Å². The molecule has 6 nitrogen and oxygen atoms in total. The predicted octanol–water partition coefficient (Wildman–Crippen LogP) is 1.54. The van der Waals surface area contributed by atoms with E-state index in [0.29, 0.717) is 13.2 Å². The van der Waals surface area contributed by atoms with Crippen molar-refractivity contribution in [3.8, 4) is 0 Å². The number of imide groups is 1. The van der Waals surface area contributed by atoms with Gasteiger partial charge in [0.25, 0.3) is 0 Å². The number of halogens is 1. The fourth-order valence-corrected chi connectivity index (χ4v) is 3.73. The van der Waals surface area contributed by atoms with Gasteiger partial charge in [0.05, 0.1) is 25.6 Å². The van der Waals surface area contributed by atoms with Crippen LogP contribution in [-0.2, 0) is 14.3 Å². The van der Waals surface area contributed by atoms with E-state index in [0.717, 1.165) is 36.9 Å². The first kappa shape index (κ1) is 18.2. The summed E-state index contributed by atoms with van der Waals surface area (Å²) >= 11 is 6.13. The highest BCUT2D eigenvalue weighted by Gasteiger charge is 2.42. The van der Waals surface area contributed by atoms with Gasteiger partial charge in [-0.05, 0) is 24.6 Å². The van der Waals surface area contributed by atoms with Crippen molar-refractivity contribution in [3.63, 3.8) is 0 Å². The molecule has 25 heavy (non-hydrogen) atoms. The first-order valence-corrected chi connectivity index (χ1v) is 8.97. The van der Waals surface area contributed by atoms with Gasteiger partial charge in [-0.25, -0.2) is 0 Å². The second-order valence-corrected chi connectivity index (χ2v) is 6.99. The van der Waals surface area contributed by atoms with Gasteiger partial charge in [0, 0.05) is 44.0 Å². The van der Waals surface area contributed by atoms with Crippen molar-refractivity contribution in [1.82, 2.24) is 9.80 Å². The number of ether oxygens (including phenoxy) is 1. The molecule has 2 aliphatic rings. The van der Waals surface area contributed by atoms with Crippen LogP contribution in [0.3, 0.4) is 0 Å². The maximum atomic E-state index is 12.5. The fourth-order valence-electron chi connectivity index (χ4n) is 3.57. The Morgan fingerprint density at radius 1 is 1.20 bits per heavy atom. The van der Waals surface area contributed by atoms with Crippen LogP contribution in [0.25, 0.3) is 0 Å². The van der Waals surface area contributed by atoms with E-state index in [1.54, 1.807) is 7.11 Å². The van der Waals surface area contributed by atoms with Gasteiger partial charge in [0.15, 0.2) is 0 Å². The molecule has 1 aromatic rings. The molecule has 0 aliphatic carbocycles. The quantitative estimate of drug-likeness (QED) is 0.741. The SMILES string of the molecule is COCCN1C(=O)CC(N2CCN(c3cc(Cl)ccc3C)CC2)C1=O. The van der Waals surface area contributed by atoms with Crippen molar-refractivity contribution in [2.24, 2.45) is 0 Å². The molecule has 2 heterocycles. The maximum Gasteiger partial charge on any atom is 0.247 e. The Morgan fingerprint density at radius 2 is 1.92 bits per heavy atom. The third-order valence-corrected chi connectivity index (χ3v) is 5.24. The monoisotopic (exact) mass is 365 g/mol. The van der Waals surface area contributed by atoms with E-state index >= 15 is 0 Å². The maximum absolute atomic E-state index is 12.5. The zero-order valence-corrected chi connectivity index (χ0v) is 15.5. The van der Waals surface area contributed by atoms with E-state index in [2.05, 4.69) is 16.7 Å². The average Bonchev–Trinajstić information content (AvgIpc) is 2.89. The van der Waals surface area contributed by atoms with E-state index in [-0.39, 0.29) is 24.3 Å². The van der Waals surface area contributed by atoms with Crippen LogP contribution in [0, 0.1) is 6.92 Å². The Balaban J connectivity index is 1.62. The second kappa shape index (κ2) is 7.72. The van der Waals surface area contributed by atoms with Gasteiger partial charge in [-0.3, -0.25) is 19.4 Å². The molecule has 0 bridgehead atoms. The summed E-state index contributed by atoms with van der Waals surface area (Å²) in [6.07, 6.45) is 0.277. The van der Waals surface area contributed by atoms with Crippen LogP contribution >= 0.6 is 11.6 Å². The Kier molecular flexibility index (Phi) is 5.61. The molecule has 0 radical (unpaired) electrons. The number of hydrogen-bond acceptors (Lipinski definition) is 5. The second-order valence-electron chi connectivity index (χ2n) is 6.55. The smallest absolute Gasteiger partial charge is 0.247 e. The van der Waals surface area contributed by atoms with Gasteiger partial charge < -0.3 is 9.64 Å². The molecule has 1 aromatic carbocycles. The number of rotatable bonds is 5. The van der Waals surface area contributed by atoms with Crippen molar-refractivity contribution in [2.75, 3.05) is 51.3 Å². The number of aryl methyl sites for hydroxylation is 1. The normalized spacial score (nSPS) is 22.1. The van der Waals surface area contributed by atoms with Crippen molar-refractivity contribution in [1.29, 1.82) is 0 Å². The highest BCUT2D eigenvalue weighted by Crippen LogP contribution is 2.27. The molecule has 0 saturated carbocycles. The standard InChI is InChI=1S/C18H24ClN3O3/c1-13-3-4-14(19)11-15(13)20-5-7-21(8-6-20)16-12-17(23)22(18(16)24)9-10-25-2/h3-4,11,16H,5-10,12H2,1-2H3. The number of nitrogens with zero attached hydrogens (tertiary/aromatic N) is 3. The summed E-state index contributed by atoms with van der Waals surface area (Å²) in [4.78, 5) is 30.4. The third kappa shape index (κ3) is 3.81. The van der Waals surface area contributed by atoms with E-state index in [9.17, 15) is 9.59 Å². The average molecular weight is 366 g/mol. The molecule has 2 amide bonds. The van der Waals surface area contributed by atoms with Gasteiger partial charge in [0.2, 0.25) is 11.8 Å². The van der Waals surface area contributed by atoms with Crippen LogP contribution in [0.4, 0.5) is 5.69 Å². The van der Waals surface area contributed by atoms with Crippen molar-refractivity contribution < 1.29 is 14.3 Å². The minimum Gasteiger partial charge on any atom is -0.383 e. The molecular weight excluding hydrogens is 342 g/mol. The van der Waals surface area contributed by atoms with E-state index in [4.69, 9.17) is 16.3 Å². The summed E-state index contributed by atoms with van der Waals surface area (Å²) in [5.41, 5.74) is 2.33. The molecule has 0 aromatic heterocycles. The van der Waals surface area contributed by atoms with Gasteiger partial charge in [-0.2, -0.15) is 0 Å². The van der Waals surface area contributed by atoms with Crippen LogP contribution in [-0.4, -0.2) is 74.1 Å². The number of methoxy groups -OCH3 is 1. The molecule has 2 saturated heterocycles. The molecule has 1 atom stereocenters. The molecule has 2 fully saturated rings. The Hall–Kier alpha value is -1.63. The number of amides is 2. The van der Waals surface area contributed by atoms with Gasteiger partial charge in [-0.15, -0.1) is 0 Å². The number of hydrogen-bond donors (Lipinski definition) is 0. The van der Waals surface area contributed by atoms with E-state index in [1.807, 2.05) is 18.2 Å². The minimum absolute atomic E-state index is 0.0885. The molecule has 136 valence electrons. The number of carbonyl (C=O) groups excluding carboxylic acids is 2. The zero-order chi connectivity index (χ0) is 18.0. The van der Waals surface area contributed by atoms with Gasteiger partial charge in [0.1, 0.15) is 0 Å². The Morgan fingerprint density at radius 3 is 2.60 bits per heavy atom. The Bertz CT molecular complexity index is 659. The van der Waals surface area contributed by atoms with Gasteiger partial charge >= 0.3 is 0 Å². The molecular formula is C18H24ClN3O3. The largest absolute Gasteiger partial charge is 0.383 e. The molecule has 3 rings (SSSR count). The topological polar surface area (TPSA) is 53.1 Å². The summed E-state index contributed by atoms with van der Waals surface area (Å²) < 4.78 is 4.99. The highest BCUT2D eigenvalue weighted by atomic mass is 35.5. The van der Waals surface area contributed by atoms with Crippen molar-refractivity contribution in [3.05, 3.63) is 28.8 Å². The lowest BCUT2D eigenvalue weighted by Crippen LogP contribution is -2.52. The fraction of sp³-hybridized carbons (Fsp3) is 0.556. The lowest BCUT2D eigenvalue weighted by molar-refractivity contribution is -0.140. The summed E-state index contributed by atoms with van der Waals surface area (Å²) in [7, 11) is 1.57. The number of carbonyl (C=O) groups is 2. The van der Waals surface area contributed by atoms with Crippen LogP contribution in [0.15, 0.2) is 18.2 Å². The van der Waals surface area contributed by atoms with Crippen LogP contribution in [0.1, 0.15) is 12.0 Å². The Labute approximate surface area is 153 Å². The third-order valence-electron chi connectivity index (χ3n) is 5.01. The van der Waals surface area contributed by atoms with Crippen LogP contribution in [0.2, 0.25) is 5.02 Å². The first-order valence-electron chi connectivity index (χ1n) is 8.59. The minimum atomic E-state index is -0.327. The van der Waals surface area contributed by atoms with Crippen LogP contribution < -0.4 is 4.90 Å². The summed E-state index contributed by atoms with van der Waals surface area (Å²) in [5, 5.41) is 0.730. The summed E-state index contributed by atoms with van der Waals surface area (Å²) in [5.74, 6) is -0.186. The lowest BCUT2D eigenvalue weighted by atomic mass is 10.1. The summed E-state index contributed by atoms with van der Waals surface area (Å²) in [6, 6.07) is 5.58. The van der Waals surface area contributed by atoms with Crippen molar-refractivity contribution in [2.45, 2.75) is 19.4 Å². The number of benzene rings is 1. The number of likely N-dealkylation sites (tertiary alicyclic amines) is 1. The van der Waals surface area contributed by atoms with Gasteiger partial charge in [-0.1, -0.05) is 17.7 Å².